The topological polar surface area (TPSA) is 694 Å². The van der Waals surface area contributed by atoms with Crippen LogP contribution in [0.25, 0.3) is 10.9 Å². The smallest absolute Gasteiger partial charge is 0.329 e. The molecule has 602 valence electrons. The SMILES string of the molecule is CC(=O)N[C@@H](CS)C(=O)N[C@@H](CCCN=C(N)N)C(=O)N[C@@H](CCCN=C(N)N)C(=O)N[C@@H](CCCN=C(N)N)C(=O)N[C@@H](Cc1ccccc1)C(=O)N[C@@H](Cc1c[nH]c2ccccc12)C(=O)N[C@@H](CCC(N)=O)C(=O)N[C@@H](C)C(=O)NC(C(=O)N[C@@H](CCCN=C(N)N)C(=O)N[C@@](C)(CC(C)C)C(=O)O)[C@@H](C)O. The number of carbonyl (C=O) groups excluding carboxylic acids is 12. The number of aliphatic hydroxyl groups is 1. The molecule has 3 rings (SSSR count). The highest BCUT2D eigenvalue weighted by Crippen LogP contribution is 2.21. The predicted molar refractivity (Wildman–Crippen MR) is 410 cm³/mol. The minimum Gasteiger partial charge on any atom is -0.480 e. The highest BCUT2D eigenvalue weighted by atomic mass is 32.1. The van der Waals surface area contributed by atoms with Crippen LogP contribution in [0.5, 0.6) is 0 Å². The number of benzene rings is 2. The number of nitrogens with zero attached hydrogens (tertiary/aromatic N) is 4. The Bertz CT molecular complexity index is 3710. The largest absolute Gasteiger partial charge is 0.480 e. The number of aliphatic imine (C=N–C) groups is 4. The Morgan fingerprint density at radius 1 is 0.468 bits per heavy atom. The molecule has 0 bridgehead atoms. The third kappa shape index (κ3) is 33.9. The van der Waals surface area contributed by atoms with Crippen molar-refractivity contribution in [2.45, 2.75) is 197 Å². The highest BCUT2D eigenvalue weighted by Gasteiger charge is 2.40. The maximum absolute atomic E-state index is 15.2. The van der Waals surface area contributed by atoms with Gasteiger partial charge in [-0.3, -0.25) is 77.5 Å². The minimum absolute atomic E-state index is 0.00593. The first-order valence-electron chi connectivity index (χ1n) is 35.3. The van der Waals surface area contributed by atoms with Crippen molar-refractivity contribution in [3.05, 3.63) is 71.9 Å². The molecule has 1 unspecified atom stereocenters. The fourth-order valence-electron chi connectivity index (χ4n) is 11.2. The van der Waals surface area contributed by atoms with E-state index in [1.165, 1.54) is 20.8 Å². The molecule has 1 aromatic heterocycles. The number of fused-ring (bicyclic) bond motifs is 1. The second-order valence-electron chi connectivity index (χ2n) is 26.6. The zero-order valence-corrected chi connectivity index (χ0v) is 63.0. The lowest BCUT2D eigenvalue weighted by Gasteiger charge is -2.31. The molecule has 109 heavy (non-hydrogen) atoms. The molecule has 41 heteroatoms. The van der Waals surface area contributed by atoms with E-state index in [1.54, 1.807) is 74.6 Å². The summed E-state index contributed by atoms with van der Waals surface area (Å²) in [4.78, 5) is 200. The van der Waals surface area contributed by atoms with Gasteiger partial charge in [-0.25, -0.2) is 4.79 Å². The molecule has 0 fully saturated rings. The number of hydrogen-bond donors (Lipinski definition) is 24. The van der Waals surface area contributed by atoms with Crippen molar-refractivity contribution in [1.82, 2.24) is 63.5 Å². The molecule has 12 amide bonds. The number of aliphatic carboxylic acids is 1. The predicted octanol–water partition coefficient (Wildman–Crippen LogP) is -6.36. The van der Waals surface area contributed by atoms with Crippen LogP contribution in [0.4, 0.5) is 0 Å². The first kappa shape index (κ1) is 91.7. The second kappa shape index (κ2) is 46.5. The lowest BCUT2D eigenvalue weighted by atomic mass is 9.90. The van der Waals surface area contributed by atoms with E-state index >= 15 is 14.4 Å². The van der Waals surface area contributed by atoms with E-state index in [1.807, 2.05) is 0 Å². The Balaban J connectivity index is 2.10. The molecular weight excluding hydrogens is 1440 g/mol. The number of nitrogens with one attached hydrogen (secondary N) is 12. The number of amides is 12. The van der Waals surface area contributed by atoms with Gasteiger partial charge in [-0.05, 0) is 108 Å². The fraction of sp³-hybridized carbons (Fsp3) is 0.544. The van der Waals surface area contributed by atoms with E-state index in [0.29, 0.717) is 22.0 Å². The van der Waals surface area contributed by atoms with Crippen LogP contribution in [0.3, 0.4) is 0 Å². The van der Waals surface area contributed by atoms with Gasteiger partial charge in [0, 0.05) is 75.2 Å². The van der Waals surface area contributed by atoms with Crippen molar-refractivity contribution in [3.63, 3.8) is 0 Å². The number of carboxylic acid groups (broad SMARTS) is 1. The molecule has 0 aliphatic carbocycles. The number of para-hydroxylation sites is 1. The van der Waals surface area contributed by atoms with Gasteiger partial charge in [0.05, 0.1) is 6.10 Å². The van der Waals surface area contributed by atoms with E-state index < -0.39 is 162 Å². The lowest BCUT2D eigenvalue weighted by Crippen LogP contribution is -2.62. The molecule has 0 aliphatic rings. The van der Waals surface area contributed by atoms with E-state index in [9.17, 15) is 58.2 Å². The summed E-state index contributed by atoms with van der Waals surface area (Å²) in [5, 5.41) is 49.7. The average molecular weight is 1550 g/mol. The number of carbonyl (C=O) groups is 13. The zero-order valence-electron chi connectivity index (χ0n) is 62.1. The lowest BCUT2D eigenvalue weighted by molar-refractivity contribution is -0.148. The average Bonchev–Trinajstić information content (AvgIpc) is 1.81. The number of rotatable bonds is 49. The maximum Gasteiger partial charge on any atom is 0.329 e. The molecule has 0 aliphatic heterocycles. The van der Waals surface area contributed by atoms with Crippen LogP contribution in [0.2, 0.25) is 0 Å². The number of primary amides is 1. The molecular formula is C68H109N25O15S. The van der Waals surface area contributed by atoms with Crippen LogP contribution in [0, 0.1) is 5.92 Å². The number of hydrogen-bond acceptors (Lipinski definition) is 19. The number of thiol groups is 1. The highest BCUT2D eigenvalue weighted by molar-refractivity contribution is 7.80. The molecule has 1 heterocycles. The zero-order chi connectivity index (χ0) is 81.7. The first-order chi connectivity index (χ1) is 51.3. The number of H-pyrrole nitrogens is 1. The van der Waals surface area contributed by atoms with Crippen molar-refractivity contribution >= 4 is 124 Å². The Labute approximate surface area is 636 Å². The number of aromatic nitrogens is 1. The molecule has 0 radical (unpaired) electrons. The standard InChI is InChI=1S/C68H109N25O15S/c1-35(2)32-68(6,63(107)108)93-61(105)46(23-15-29-81-67(76)77)89-62(106)52(37(4)94)92-53(97)36(3)83-54(98)47(24-25-51(69)96)88-59(103)49(31-40-33-82-42-19-11-10-18-41(40)42)91-58(102)48(30-39-16-8-7-9-17-39)90-57(101)45(22-14-28-80-66(74)75)86-55(99)43(20-12-26-78-64(70)71)85-56(100)44(21-13-27-79-65(72)73)87-60(104)50(34-109)84-38(5)95/h7-11,16-19,33,35-37,43-50,52,82,94,109H,12-15,20-32,34H2,1-6H3,(H2,69,96)(H,83,98)(H,84,95)(H,85,100)(H,86,99)(H,87,104)(H,88,103)(H,89,106)(H,90,101)(H,91,102)(H,92,97)(H,93,105)(H,107,108)(H4,70,71,78)(H4,72,73,79)(H4,74,75,80)(H4,76,77,81)/t36-,37+,43-,44-,45-,46-,47-,48-,49-,50-,52?,68-/m0/s1. The van der Waals surface area contributed by atoms with Crippen LogP contribution in [0.15, 0.2) is 80.8 Å². The van der Waals surface area contributed by atoms with Crippen molar-refractivity contribution in [1.29, 1.82) is 0 Å². The van der Waals surface area contributed by atoms with Crippen molar-refractivity contribution in [2.24, 2.45) is 77.5 Å². The number of carboxylic acids is 1. The summed E-state index contributed by atoms with van der Waals surface area (Å²) in [5.41, 5.74) is 49.8. The Morgan fingerprint density at radius 3 is 1.27 bits per heavy atom. The third-order valence-electron chi connectivity index (χ3n) is 16.7. The van der Waals surface area contributed by atoms with Gasteiger partial charge in [0.25, 0.3) is 0 Å². The number of aromatic amines is 1. The summed E-state index contributed by atoms with van der Waals surface area (Å²) < 4.78 is 0. The monoisotopic (exact) mass is 1550 g/mol. The molecule has 2 aromatic carbocycles. The van der Waals surface area contributed by atoms with Crippen LogP contribution < -0.4 is 110 Å². The maximum atomic E-state index is 15.2. The van der Waals surface area contributed by atoms with Crippen molar-refractivity contribution in [3.8, 4) is 0 Å². The summed E-state index contributed by atoms with van der Waals surface area (Å²) in [6.07, 6.45) is -1.99. The second-order valence-corrected chi connectivity index (χ2v) is 27.0. The van der Waals surface area contributed by atoms with Gasteiger partial charge in [-0.2, -0.15) is 12.6 Å². The normalized spacial score (nSPS) is 14.6. The van der Waals surface area contributed by atoms with Crippen LogP contribution in [-0.4, -0.2) is 220 Å². The van der Waals surface area contributed by atoms with E-state index in [0.717, 1.165) is 6.92 Å². The van der Waals surface area contributed by atoms with Gasteiger partial charge in [0.2, 0.25) is 70.9 Å². The van der Waals surface area contributed by atoms with Crippen LogP contribution >= 0.6 is 12.6 Å². The minimum atomic E-state index is -1.82. The molecule has 12 atom stereocenters. The number of guanidine groups is 4. The summed E-state index contributed by atoms with van der Waals surface area (Å²) in [5.74, 6) is -14.1. The van der Waals surface area contributed by atoms with Gasteiger partial charge < -0.3 is 125 Å². The van der Waals surface area contributed by atoms with E-state index in [4.69, 9.17) is 51.6 Å². The number of nitrogens with two attached hydrogens (primary N) is 9. The van der Waals surface area contributed by atoms with Gasteiger partial charge in [-0.1, -0.05) is 62.4 Å². The van der Waals surface area contributed by atoms with Gasteiger partial charge in [0.1, 0.15) is 66.0 Å². The van der Waals surface area contributed by atoms with E-state index in [2.05, 4.69) is 96.1 Å². The summed E-state index contributed by atoms with van der Waals surface area (Å²) in [6, 6.07) is -0.151. The van der Waals surface area contributed by atoms with Gasteiger partial charge >= 0.3 is 5.97 Å². The van der Waals surface area contributed by atoms with Crippen LogP contribution in [-0.2, 0) is 75.2 Å². The molecule has 0 saturated heterocycles. The van der Waals surface area contributed by atoms with Gasteiger partial charge in [0.15, 0.2) is 23.8 Å². The Kier molecular flexibility index (Phi) is 39.1. The molecule has 3 aromatic rings. The van der Waals surface area contributed by atoms with Crippen molar-refractivity contribution < 1.29 is 72.5 Å². The summed E-state index contributed by atoms with van der Waals surface area (Å²) >= 11 is 4.18. The molecule has 32 N–H and O–H groups in total. The first-order valence-corrected chi connectivity index (χ1v) is 35.9. The van der Waals surface area contributed by atoms with E-state index in [-0.39, 0.29) is 132 Å². The Hall–Kier alpha value is -11.5. The molecule has 0 saturated carbocycles. The molecule has 0 spiro atoms. The Morgan fingerprint density at radius 2 is 0.853 bits per heavy atom. The van der Waals surface area contributed by atoms with Crippen molar-refractivity contribution in [2.75, 3.05) is 31.9 Å². The van der Waals surface area contributed by atoms with Gasteiger partial charge in [-0.15, -0.1) is 0 Å². The summed E-state index contributed by atoms with van der Waals surface area (Å²) in [6.45, 7) is 8.21. The fourth-order valence-corrected chi connectivity index (χ4v) is 11.5. The molecule has 40 nitrogen and oxygen atoms in total. The summed E-state index contributed by atoms with van der Waals surface area (Å²) in [7, 11) is 0. The third-order valence-corrected chi connectivity index (χ3v) is 17.0. The quantitative estimate of drug-likeness (QED) is 0.0108. The van der Waals surface area contributed by atoms with Crippen LogP contribution in [0.1, 0.15) is 123 Å². The number of aliphatic hydroxyl groups excluding tert-OH is 1.